The molecule has 1 fully saturated rings. The Bertz CT molecular complexity index is 292. The minimum absolute atomic E-state index is 0.292. The summed E-state index contributed by atoms with van der Waals surface area (Å²) in [7, 11) is 0. The third kappa shape index (κ3) is 1.34. The lowest BCUT2D eigenvalue weighted by atomic mass is 10.0. The van der Waals surface area contributed by atoms with Gasteiger partial charge in [0.05, 0.1) is 0 Å². The maximum absolute atomic E-state index is 12.7. The molecule has 0 heterocycles. The minimum atomic E-state index is -0.292. The van der Waals surface area contributed by atoms with Crippen LogP contribution in [0.1, 0.15) is 29.9 Å². The number of aliphatic hydroxyl groups is 1. The van der Waals surface area contributed by atoms with Gasteiger partial charge in [-0.2, -0.15) is 0 Å². The Labute approximate surface area is 70.8 Å². The van der Waals surface area contributed by atoms with Crippen molar-refractivity contribution in [2.75, 3.05) is 0 Å². The second-order valence-corrected chi connectivity index (χ2v) is 3.18. The van der Waals surface area contributed by atoms with E-state index < -0.39 is 0 Å². The maximum atomic E-state index is 12.7. The molecular formula is C10H10FO. The Hall–Kier alpha value is -0.890. The molecule has 0 amide bonds. The van der Waals surface area contributed by atoms with Gasteiger partial charge >= 0.3 is 0 Å². The average Bonchev–Trinajstić information content (AvgIpc) is 2.87. The summed E-state index contributed by atoms with van der Waals surface area (Å²) in [6.45, 7) is 0.983. The first-order valence-electron chi connectivity index (χ1n) is 4.08. The molecule has 1 saturated carbocycles. The molecule has 0 aliphatic heterocycles. The Morgan fingerprint density at radius 1 is 1.42 bits per heavy atom. The molecule has 1 aliphatic rings. The van der Waals surface area contributed by atoms with Crippen molar-refractivity contribution in [2.24, 2.45) is 0 Å². The maximum Gasteiger partial charge on any atom is 0.123 e. The zero-order chi connectivity index (χ0) is 8.55. The van der Waals surface area contributed by atoms with E-state index in [0.717, 1.165) is 25.0 Å². The zero-order valence-electron chi connectivity index (χ0n) is 6.63. The molecule has 0 aromatic heterocycles. The van der Waals surface area contributed by atoms with E-state index in [2.05, 4.69) is 0 Å². The van der Waals surface area contributed by atoms with Gasteiger partial charge in [0.15, 0.2) is 0 Å². The van der Waals surface area contributed by atoms with Crippen molar-refractivity contribution in [2.45, 2.75) is 18.8 Å². The summed E-state index contributed by atoms with van der Waals surface area (Å²) in [5.74, 6) is 0.253. The molecule has 0 unspecified atom stereocenters. The number of aliphatic hydroxyl groups excluding tert-OH is 1. The molecule has 63 valence electrons. The van der Waals surface area contributed by atoms with Crippen molar-refractivity contribution in [3.63, 3.8) is 0 Å². The zero-order valence-corrected chi connectivity index (χ0v) is 6.63. The lowest BCUT2D eigenvalue weighted by Gasteiger charge is -2.04. The predicted molar refractivity (Wildman–Crippen MR) is 43.7 cm³/mol. The second-order valence-electron chi connectivity index (χ2n) is 3.18. The van der Waals surface area contributed by atoms with Crippen molar-refractivity contribution in [3.05, 3.63) is 41.8 Å². The van der Waals surface area contributed by atoms with E-state index in [9.17, 15) is 4.39 Å². The van der Waals surface area contributed by atoms with Crippen LogP contribution in [0.4, 0.5) is 4.39 Å². The number of rotatable bonds is 2. The van der Waals surface area contributed by atoms with E-state index in [4.69, 9.17) is 5.11 Å². The summed E-state index contributed by atoms with van der Waals surface area (Å²) in [5, 5.41) is 8.83. The lowest BCUT2D eigenvalue weighted by molar-refractivity contribution is 0.412. The highest BCUT2D eigenvalue weighted by Crippen LogP contribution is 2.41. The molecule has 2 rings (SSSR count). The van der Waals surface area contributed by atoms with E-state index in [1.807, 2.05) is 0 Å². The highest BCUT2D eigenvalue weighted by molar-refractivity contribution is 5.36. The van der Waals surface area contributed by atoms with Crippen LogP contribution in [0.3, 0.4) is 0 Å². The number of hydrogen-bond donors (Lipinski definition) is 1. The molecule has 2 heteroatoms. The number of halogens is 1. The lowest BCUT2D eigenvalue weighted by Crippen LogP contribution is -1.91. The Morgan fingerprint density at radius 2 is 2.17 bits per heavy atom. The molecule has 1 aromatic carbocycles. The predicted octanol–water partition coefficient (Wildman–Crippen LogP) is 2.59. The van der Waals surface area contributed by atoms with Crippen molar-refractivity contribution in [1.29, 1.82) is 0 Å². The van der Waals surface area contributed by atoms with Gasteiger partial charge in [0, 0.05) is 0 Å². The molecular weight excluding hydrogens is 155 g/mol. The largest absolute Gasteiger partial charge is 0.385 e. The Balaban J connectivity index is 2.38. The fourth-order valence-electron chi connectivity index (χ4n) is 1.42. The highest BCUT2D eigenvalue weighted by atomic mass is 19.1. The van der Waals surface area contributed by atoms with Crippen molar-refractivity contribution < 1.29 is 9.50 Å². The van der Waals surface area contributed by atoms with Gasteiger partial charge in [-0.05, 0) is 42.0 Å². The normalized spacial score (nSPS) is 16.5. The van der Waals surface area contributed by atoms with Gasteiger partial charge < -0.3 is 5.11 Å². The SMILES string of the molecule is O[CH]c1cc(F)ccc1C1CC1. The van der Waals surface area contributed by atoms with Crippen LogP contribution >= 0.6 is 0 Å². The Morgan fingerprint density at radius 3 is 2.75 bits per heavy atom. The van der Waals surface area contributed by atoms with Crippen LogP contribution in [0.25, 0.3) is 0 Å². The summed E-state index contributed by atoms with van der Waals surface area (Å²) < 4.78 is 12.7. The first kappa shape index (κ1) is 7.74. The quantitative estimate of drug-likeness (QED) is 0.714. The molecule has 0 saturated heterocycles. The summed E-state index contributed by atoms with van der Waals surface area (Å²) in [4.78, 5) is 0. The van der Waals surface area contributed by atoms with Crippen molar-refractivity contribution in [3.8, 4) is 0 Å². The van der Waals surface area contributed by atoms with Crippen LogP contribution in [-0.2, 0) is 0 Å². The summed E-state index contributed by atoms with van der Waals surface area (Å²) in [6.07, 6.45) is 2.32. The number of benzene rings is 1. The Kier molecular flexibility index (Phi) is 1.85. The topological polar surface area (TPSA) is 20.2 Å². The molecule has 1 radical (unpaired) electrons. The standard InChI is InChI=1S/C10H10FO/c11-9-3-4-10(7-1-2-7)8(5-9)6-12/h3-7,12H,1-2H2. The molecule has 0 bridgehead atoms. The van der Waals surface area contributed by atoms with E-state index in [1.54, 1.807) is 6.07 Å². The van der Waals surface area contributed by atoms with Crippen molar-refractivity contribution >= 4 is 0 Å². The van der Waals surface area contributed by atoms with E-state index in [0.29, 0.717) is 11.5 Å². The summed E-state index contributed by atoms with van der Waals surface area (Å²) in [6, 6.07) is 4.57. The first-order valence-corrected chi connectivity index (χ1v) is 4.08. The minimum Gasteiger partial charge on any atom is -0.385 e. The number of hydrogen-bond acceptors (Lipinski definition) is 1. The molecule has 0 atom stereocenters. The average molecular weight is 165 g/mol. The van der Waals surface area contributed by atoms with Crippen LogP contribution in [-0.4, -0.2) is 5.11 Å². The van der Waals surface area contributed by atoms with Crippen LogP contribution in [0.2, 0.25) is 0 Å². The third-order valence-electron chi connectivity index (χ3n) is 2.21. The van der Waals surface area contributed by atoms with Gasteiger partial charge in [0.2, 0.25) is 0 Å². The van der Waals surface area contributed by atoms with E-state index in [-0.39, 0.29) is 5.82 Å². The van der Waals surface area contributed by atoms with E-state index >= 15 is 0 Å². The summed E-state index contributed by atoms with van der Waals surface area (Å²) in [5.41, 5.74) is 1.69. The molecule has 1 aliphatic carbocycles. The van der Waals surface area contributed by atoms with Gasteiger partial charge in [-0.3, -0.25) is 0 Å². The van der Waals surface area contributed by atoms with Gasteiger partial charge in [-0.25, -0.2) is 4.39 Å². The van der Waals surface area contributed by atoms with Gasteiger partial charge in [0.1, 0.15) is 12.4 Å². The molecule has 1 N–H and O–H groups in total. The molecule has 1 nitrogen and oxygen atoms in total. The molecule has 0 spiro atoms. The fraction of sp³-hybridized carbons (Fsp3) is 0.300. The highest BCUT2D eigenvalue weighted by Gasteiger charge is 2.25. The van der Waals surface area contributed by atoms with Gasteiger partial charge in [-0.1, -0.05) is 6.07 Å². The first-order chi connectivity index (χ1) is 5.81. The van der Waals surface area contributed by atoms with E-state index in [1.165, 1.54) is 12.1 Å². The monoisotopic (exact) mass is 165 g/mol. The van der Waals surface area contributed by atoms with Gasteiger partial charge in [-0.15, -0.1) is 0 Å². The van der Waals surface area contributed by atoms with Crippen molar-refractivity contribution in [1.82, 2.24) is 0 Å². The fourth-order valence-corrected chi connectivity index (χ4v) is 1.42. The van der Waals surface area contributed by atoms with Crippen LogP contribution in [0, 0.1) is 12.4 Å². The van der Waals surface area contributed by atoms with Crippen LogP contribution in [0.5, 0.6) is 0 Å². The third-order valence-corrected chi connectivity index (χ3v) is 2.21. The van der Waals surface area contributed by atoms with Gasteiger partial charge in [0.25, 0.3) is 0 Å². The van der Waals surface area contributed by atoms with Crippen LogP contribution in [0.15, 0.2) is 18.2 Å². The smallest absolute Gasteiger partial charge is 0.123 e. The molecule has 12 heavy (non-hydrogen) atoms. The second kappa shape index (κ2) is 2.87. The van der Waals surface area contributed by atoms with Crippen LogP contribution < -0.4 is 0 Å². The summed E-state index contributed by atoms with van der Waals surface area (Å²) >= 11 is 0. The molecule has 1 aromatic rings.